The number of ketones is 1. The van der Waals surface area contributed by atoms with E-state index in [-0.39, 0.29) is 18.8 Å². The molecule has 0 saturated carbocycles. The molecule has 6 aromatic rings. The monoisotopic (exact) mass is 580 g/mol. The van der Waals surface area contributed by atoms with E-state index in [4.69, 9.17) is 4.74 Å². The van der Waals surface area contributed by atoms with Gasteiger partial charge in [-0.3, -0.25) is 24.9 Å². The first-order valence-corrected chi connectivity index (χ1v) is 14.1. The van der Waals surface area contributed by atoms with Crippen LogP contribution in [0.4, 0.5) is 16.2 Å². The minimum absolute atomic E-state index is 0.00599. The van der Waals surface area contributed by atoms with E-state index in [0.717, 1.165) is 21.9 Å². The van der Waals surface area contributed by atoms with Crippen LogP contribution in [0.3, 0.4) is 0 Å². The maximum absolute atomic E-state index is 13.9. The topological polar surface area (TPSA) is 110 Å². The van der Waals surface area contributed by atoms with Crippen molar-refractivity contribution in [2.75, 3.05) is 10.6 Å². The van der Waals surface area contributed by atoms with E-state index >= 15 is 0 Å². The average Bonchev–Trinajstić information content (AvgIpc) is 3.05. The van der Waals surface area contributed by atoms with E-state index in [1.807, 2.05) is 84.9 Å². The molecule has 44 heavy (non-hydrogen) atoms. The number of ether oxygens (including phenoxy) is 1. The molecule has 2 aromatic heterocycles. The number of carbonyl (C=O) groups is 3. The lowest BCUT2D eigenvalue weighted by Gasteiger charge is -2.18. The fourth-order valence-corrected chi connectivity index (χ4v) is 5.13. The zero-order valence-corrected chi connectivity index (χ0v) is 23.6. The lowest BCUT2D eigenvalue weighted by Crippen LogP contribution is -2.29. The van der Waals surface area contributed by atoms with E-state index in [1.165, 1.54) is 0 Å². The average molecular weight is 581 g/mol. The molecule has 2 heterocycles. The second-order valence-corrected chi connectivity index (χ2v) is 10.2. The summed E-state index contributed by atoms with van der Waals surface area (Å²) in [5.74, 6) is -1.91. The largest absolute Gasteiger partial charge is 0.444 e. The summed E-state index contributed by atoms with van der Waals surface area (Å²) in [6.07, 6.45) is 2.74. The zero-order valence-electron chi connectivity index (χ0n) is 23.6. The number of anilines is 2. The molecule has 0 bridgehead atoms. The Hall–Kier alpha value is -5.89. The number of nitrogens with zero attached hydrogens (tertiary/aromatic N) is 2. The van der Waals surface area contributed by atoms with Gasteiger partial charge in [0.2, 0.25) is 5.91 Å². The molecule has 0 spiro atoms. The van der Waals surface area contributed by atoms with Crippen LogP contribution in [-0.2, 0) is 27.4 Å². The first kappa shape index (κ1) is 28.2. The van der Waals surface area contributed by atoms with Gasteiger partial charge >= 0.3 is 6.09 Å². The van der Waals surface area contributed by atoms with Crippen LogP contribution in [0.15, 0.2) is 128 Å². The number of rotatable bonds is 9. The Labute approximate surface area is 253 Å². The van der Waals surface area contributed by atoms with Crippen LogP contribution in [0.5, 0.6) is 0 Å². The molecule has 0 saturated heterocycles. The summed E-state index contributed by atoms with van der Waals surface area (Å²) in [6.45, 7) is 0.132. The fraction of sp³-hybridized carbons (Fsp3) is 0.0833. The SMILES string of the molecule is O=C(Nc1ccc(C(C(=O)Cc2cccc3cccnc23)C(=O)Nc2cccc3cccnc23)cc1)OCc1ccccc1. The maximum atomic E-state index is 13.9. The third kappa shape index (κ3) is 6.44. The van der Waals surface area contributed by atoms with Crippen molar-refractivity contribution in [2.45, 2.75) is 18.9 Å². The Kier molecular flexibility index (Phi) is 8.32. The number of hydrogen-bond acceptors (Lipinski definition) is 6. The van der Waals surface area contributed by atoms with E-state index in [0.29, 0.717) is 28.0 Å². The van der Waals surface area contributed by atoms with Crippen molar-refractivity contribution in [3.8, 4) is 0 Å². The number of para-hydroxylation sites is 2. The minimum atomic E-state index is -1.13. The molecule has 2 amide bonds. The predicted molar refractivity (Wildman–Crippen MR) is 170 cm³/mol. The van der Waals surface area contributed by atoms with Crippen molar-refractivity contribution in [3.63, 3.8) is 0 Å². The molecular formula is C36H28N4O4. The summed E-state index contributed by atoms with van der Waals surface area (Å²) in [7, 11) is 0. The van der Waals surface area contributed by atoms with Gasteiger partial charge in [-0.1, -0.05) is 84.9 Å². The normalized spacial score (nSPS) is 11.5. The second kappa shape index (κ2) is 13.0. The molecule has 216 valence electrons. The van der Waals surface area contributed by atoms with Crippen molar-refractivity contribution in [3.05, 3.63) is 144 Å². The summed E-state index contributed by atoms with van der Waals surface area (Å²) < 4.78 is 5.31. The van der Waals surface area contributed by atoms with E-state index in [1.54, 1.807) is 42.7 Å². The van der Waals surface area contributed by atoms with Crippen LogP contribution in [0, 0.1) is 0 Å². The summed E-state index contributed by atoms with van der Waals surface area (Å²) in [4.78, 5) is 49.1. The van der Waals surface area contributed by atoms with E-state index in [2.05, 4.69) is 20.6 Å². The van der Waals surface area contributed by atoms with E-state index < -0.39 is 17.9 Å². The van der Waals surface area contributed by atoms with Crippen molar-refractivity contribution in [1.82, 2.24) is 9.97 Å². The number of benzene rings is 4. The molecule has 2 N–H and O–H groups in total. The number of nitrogens with one attached hydrogen (secondary N) is 2. The lowest BCUT2D eigenvalue weighted by molar-refractivity contribution is -0.127. The fourth-order valence-electron chi connectivity index (χ4n) is 5.13. The van der Waals surface area contributed by atoms with Gasteiger partial charge in [0.15, 0.2) is 5.78 Å². The van der Waals surface area contributed by atoms with Crippen LogP contribution in [0.1, 0.15) is 22.6 Å². The smallest absolute Gasteiger partial charge is 0.411 e. The Morgan fingerprint density at radius 3 is 2.07 bits per heavy atom. The number of pyridine rings is 2. The summed E-state index contributed by atoms with van der Waals surface area (Å²) in [5.41, 5.74) is 4.41. The lowest BCUT2D eigenvalue weighted by atomic mass is 9.89. The molecule has 8 heteroatoms. The standard InChI is InChI=1S/C36H28N4O4/c41-31(22-28-12-4-10-26-13-6-20-37-33(26)28)32(35(42)40-30-15-5-11-27-14-7-21-38-34(27)30)25-16-18-29(19-17-25)39-36(43)44-23-24-8-2-1-3-9-24/h1-21,32H,22-23H2,(H,39,43)(H,40,42). The predicted octanol–water partition coefficient (Wildman–Crippen LogP) is 7.07. The molecular weight excluding hydrogens is 552 g/mol. The van der Waals surface area contributed by atoms with Crippen molar-refractivity contribution >= 4 is 51.0 Å². The van der Waals surface area contributed by atoms with Gasteiger partial charge in [0.25, 0.3) is 0 Å². The Morgan fingerprint density at radius 2 is 1.32 bits per heavy atom. The number of fused-ring (bicyclic) bond motifs is 2. The van der Waals surface area contributed by atoms with Crippen LogP contribution in [-0.4, -0.2) is 27.8 Å². The molecule has 0 aliphatic heterocycles. The summed E-state index contributed by atoms with van der Waals surface area (Å²) in [6, 6.07) is 34.7. The molecule has 0 fully saturated rings. The Balaban J connectivity index is 1.25. The Bertz CT molecular complexity index is 1860. The molecule has 0 radical (unpaired) electrons. The minimum Gasteiger partial charge on any atom is -0.444 e. The number of Topliss-reactive ketones (excluding diaryl/α,β-unsaturated/α-hetero) is 1. The van der Waals surface area contributed by atoms with Gasteiger partial charge in [-0.05, 0) is 47.0 Å². The van der Waals surface area contributed by atoms with Crippen LogP contribution in [0.2, 0.25) is 0 Å². The highest BCUT2D eigenvalue weighted by molar-refractivity contribution is 6.14. The molecule has 6 rings (SSSR count). The summed E-state index contributed by atoms with van der Waals surface area (Å²) >= 11 is 0. The van der Waals surface area contributed by atoms with Gasteiger partial charge < -0.3 is 10.1 Å². The van der Waals surface area contributed by atoms with Crippen molar-refractivity contribution in [2.24, 2.45) is 0 Å². The third-order valence-electron chi connectivity index (χ3n) is 7.26. The first-order chi connectivity index (χ1) is 21.5. The number of carbonyl (C=O) groups excluding carboxylic acids is 3. The number of hydrogen-bond donors (Lipinski definition) is 2. The maximum Gasteiger partial charge on any atom is 0.411 e. The van der Waals surface area contributed by atoms with Gasteiger partial charge in [-0.25, -0.2) is 4.79 Å². The molecule has 0 aliphatic rings. The number of aromatic nitrogens is 2. The van der Waals surface area contributed by atoms with Crippen molar-refractivity contribution in [1.29, 1.82) is 0 Å². The Morgan fingerprint density at radius 1 is 0.659 bits per heavy atom. The molecule has 1 unspecified atom stereocenters. The summed E-state index contributed by atoms with van der Waals surface area (Å²) in [5, 5.41) is 7.41. The third-order valence-corrected chi connectivity index (χ3v) is 7.26. The zero-order chi connectivity index (χ0) is 30.3. The second-order valence-electron chi connectivity index (χ2n) is 10.2. The molecule has 1 atom stereocenters. The van der Waals surface area contributed by atoms with E-state index in [9.17, 15) is 14.4 Å². The molecule has 4 aromatic carbocycles. The highest BCUT2D eigenvalue weighted by Crippen LogP contribution is 2.27. The van der Waals surface area contributed by atoms with Gasteiger partial charge in [0, 0.05) is 35.3 Å². The van der Waals surface area contributed by atoms with Crippen LogP contribution < -0.4 is 10.6 Å². The van der Waals surface area contributed by atoms with Gasteiger partial charge in [0.05, 0.1) is 16.7 Å². The highest BCUT2D eigenvalue weighted by atomic mass is 16.5. The van der Waals surface area contributed by atoms with Gasteiger partial charge in [0.1, 0.15) is 12.5 Å². The van der Waals surface area contributed by atoms with Crippen LogP contribution in [0.25, 0.3) is 21.8 Å². The highest BCUT2D eigenvalue weighted by Gasteiger charge is 2.29. The quantitative estimate of drug-likeness (QED) is 0.177. The molecule has 0 aliphatic carbocycles. The molecule has 8 nitrogen and oxygen atoms in total. The number of amides is 2. The van der Waals surface area contributed by atoms with Crippen LogP contribution >= 0.6 is 0 Å². The van der Waals surface area contributed by atoms with Gasteiger partial charge in [-0.2, -0.15) is 0 Å². The van der Waals surface area contributed by atoms with Crippen molar-refractivity contribution < 1.29 is 19.1 Å². The van der Waals surface area contributed by atoms with Gasteiger partial charge in [-0.15, -0.1) is 0 Å². The first-order valence-electron chi connectivity index (χ1n) is 14.1.